The van der Waals surface area contributed by atoms with Crippen LogP contribution in [0.25, 0.3) is 6.08 Å². The summed E-state index contributed by atoms with van der Waals surface area (Å²) < 4.78 is 27.9. The minimum absolute atomic E-state index is 0.0857. The Labute approximate surface area is 120 Å². The molecule has 0 saturated carbocycles. The van der Waals surface area contributed by atoms with Gasteiger partial charge in [0, 0.05) is 19.7 Å². The smallest absolute Gasteiger partial charge is 0.328 e. The summed E-state index contributed by atoms with van der Waals surface area (Å²) in [5, 5.41) is 11.0. The molecule has 0 radical (unpaired) electrons. The number of carboxylic acids is 1. The van der Waals surface area contributed by atoms with E-state index in [0.717, 1.165) is 29.2 Å². The van der Waals surface area contributed by atoms with Gasteiger partial charge in [-0.1, -0.05) is 0 Å². The van der Waals surface area contributed by atoms with Crippen LogP contribution in [0, 0.1) is 11.6 Å². The Balaban J connectivity index is 2.99. The van der Waals surface area contributed by atoms with Gasteiger partial charge in [0.1, 0.15) is 17.3 Å². The molecule has 5 nitrogen and oxygen atoms in total. The summed E-state index contributed by atoms with van der Waals surface area (Å²) in [7, 11) is 1.39. The number of nitrogens with zero attached hydrogens (tertiary/aromatic N) is 1. The van der Waals surface area contributed by atoms with Gasteiger partial charge < -0.3 is 15.3 Å². The van der Waals surface area contributed by atoms with E-state index in [1.54, 1.807) is 6.92 Å². The Hall–Kier alpha value is -2.44. The Kier molecular flexibility index (Phi) is 5.83. The number of anilines is 1. The molecule has 1 rings (SSSR count). The van der Waals surface area contributed by atoms with Crippen LogP contribution < -0.4 is 10.2 Å². The number of carboxylic acid groups (broad SMARTS) is 1. The van der Waals surface area contributed by atoms with Gasteiger partial charge in [0.05, 0.1) is 6.54 Å². The number of benzene rings is 1. The van der Waals surface area contributed by atoms with Gasteiger partial charge in [0.2, 0.25) is 5.91 Å². The predicted molar refractivity (Wildman–Crippen MR) is 75.0 cm³/mol. The van der Waals surface area contributed by atoms with E-state index < -0.39 is 17.6 Å². The fourth-order valence-corrected chi connectivity index (χ4v) is 1.76. The number of halogens is 2. The van der Waals surface area contributed by atoms with Crippen LogP contribution in [0.4, 0.5) is 14.5 Å². The van der Waals surface area contributed by atoms with Crippen molar-refractivity contribution < 1.29 is 23.5 Å². The second-order valence-electron chi connectivity index (χ2n) is 4.31. The molecule has 1 amide bonds. The lowest BCUT2D eigenvalue weighted by atomic mass is 10.1. The number of nitrogens with one attached hydrogen (secondary N) is 1. The second-order valence-corrected chi connectivity index (χ2v) is 4.31. The number of hydrogen-bond acceptors (Lipinski definition) is 3. The molecule has 0 saturated heterocycles. The molecule has 1 aromatic carbocycles. The van der Waals surface area contributed by atoms with Gasteiger partial charge in [-0.05, 0) is 30.7 Å². The van der Waals surface area contributed by atoms with Crippen molar-refractivity contribution in [3.63, 3.8) is 0 Å². The number of hydrogen-bond donors (Lipinski definition) is 2. The van der Waals surface area contributed by atoms with E-state index in [4.69, 9.17) is 5.11 Å². The number of carbonyl (C=O) groups is 2. The van der Waals surface area contributed by atoms with Crippen molar-refractivity contribution in [2.75, 3.05) is 25.0 Å². The van der Waals surface area contributed by atoms with Crippen LogP contribution in [0.3, 0.4) is 0 Å². The Morgan fingerprint density at radius 3 is 2.38 bits per heavy atom. The topological polar surface area (TPSA) is 69.6 Å². The molecule has 0 aliphatic rings. The third kappa shape index (κ3) is 4.87. The molecule has 0 aliphatic heterocycles. The molecule has 0 atom stereocenters. The molecular formula is C14H16F2N2O3. The van der Waals surface area contributed by atoms with Gasteiger partial charge in [0.15, 0.2) is 0 Å². The summed E-state index contributed by atoms with van der Waals surface area (Å²) in [6.45, 7) is 1.98. The molecule has 21 heavy (non-hydrogen) atoms. The summed E-state index contributed by atoms with van der Waals surface area (Å²) in [6, 6.07) is 2.01. The van der Waals surface area contributed by atoms with Crippen LogP contribution in [-0.4, -0.2) is 37.1 Å². The van der Waals surface area contributed by atoms with Crippen molar-refractivity contribution in [2.45, 2.75) is 6.92 Å². The van der Waals surface area contributed by atoms with Crippen LogP contribution in [0.2, 0.25) is 0 Å². The first-order chi connectivity index (χ1) is 9.85. The highest BCUT2D eigenvalue weighted by Gasteiger charge is 2.16. The molecule has 0 aliphatic carbocycles. The Bertz CT molecular complexity index is 550. The quantitative estimate of drug-likeness (QED) is 0.783. The van der Waals surface area contributed by atoms with E-state index in [2.05, 4.69) is 5.32 Å². The summed E-state index contributed by atoms with van der Waals surface area (Å²) in [6.07, 6.45) is 1.87. The molecule has 0 spiro atoms. The zero-order chi connectivity index (χ0) is 16.0. The Morgan fingerprint density at radius 2 is 1.90 bits per heavy atom. The molecular weight excluding hydrogens is 282 g/mol. The second kappa shape index (κ2) is 7.37. The zero-order valence-corrected chi connectivity index (χ0v) is 11.7. The molecule has 0 unspecified atom stereocenters. The minimum atomic E-state index is -1.21. The maximum absolute atomic E-state index is 13.9. The first kappa shape index (κ1) is 16.6. The summed E-state index contributed by atoms with van der Waals surface area (Å²) in [5.74, 6) is -3.31. The highest BCUT2D eigenvalue weighted by Crippen LogP contribution is 2.24. The van der Waals surface area contributed by atoms with Gasteiger partial charge >= 0.3 is 5.97 Å². The van der Waals surface area contributed by atoms with Gasteiger partial charge in [-0.15, -0.1) is 0 Å². The van der Waals surface area contributed by atoms with Gasteiger partial charge in [-0.25, -0.2) is 13.6 Å². The molecule has 0 heterocycles. The van der Waals surface area contributed by atoms with E-state index in [-0.39, 0.29) is 23.7 Å². The van der Waals surface area contributed by atoms with Crippen molar-refractivity contribution in [2.24, 2.45) is 0 Å². The largest absolute Gasteiger partial charge is 0.478 e. The third-order valence-electron chi connectivity index (χ3n) is 2.59. The number of likely N-dealkylation sites (N-methyl/N-ethyl adjacent to an activating group) is 2. The van der Waals surface area contributed by atoms with E-state index in [9.17, 15) is 18.4 Å². The lowest BCUT2D eigenvalue weighted by molar-refractivity contribution is -0.131. The summed E-state index contributed by atoms with van der Waals surface area (Å²) in [5.41, 5.74) is -0.253. The molecule has 0 bridgehead atoms. The van der Waals surface area contributed by atoms with Gasteiger partial charge in [0.25, 0.3) is 0 Å². The zero-order valence-electron chi connectivity index (χ0n) is 11.7. The van der Waals surface area contributed by atoms with Gasteiger partial charge in [-0.3, -0.25) is 4.79 Å². The first-order valence-corrected chi connectivity index (χ1v) is 6.23. The fourth-order valence-electron chi connectivity index (χ4n) is 1.76. The maximum atomic E-state index is 13.9. The van der Waals surface area contributed by atoms with Crippen molar-refractivity contribution in [3.05, 3.63) is 35.4 Å². The fraction of sp³-hybridized carbons (Fsp3) is 0.286. The monoisotopic (exact) mass is 298 g/mol. The summed E-state index contributed by atoms with van der Waals surface area (Å²) >= 11 is 0. The SMILES string of the molecule is CCNC(=O)CN(C)c1c(F)cc(C=CC(=O)O)cc1F. The highest BCUT2D eigenvalue weighted by molar-refractivity contribution is 5.85. The maximum Gasteiger partial charge on any atom is 0.328 e. The average Bonchev–Trinajstić information content (AvgIpc) is 2.35. The number of amides is 1. The lowest BCUT2D eigenvalue weighted by Gasteiger charge is -2.20. The van der Waals surface area contributed by atoms with Crippen LogP contribution in [0.1, 0.15) is 12.5 Å². The molecule has 0 aromatic heterocycles. The van der Waals surface area contributed by atoms with Crippen LogP contribution >= 0.6 is 0 Å². The molecule has 7 heteroatoms. The molecule has 2 N–H and O–H groups in total. The van der Waals surface area contributed by atoms with E-state index in [1.807, 2.05) is 0 Å². The Morgan fingerprint density at radius 1 is 1.33 bits per heavy atom. The van der Waals surface area contributed by atoms with Crippen LogP contribution in [0.5, 0.6) is 0 Å². The van der Waals surface area contributed by atoms with Crippen molar-refractivity contribution >= 4 is 23.6 Å². The van der Waals surface area contributed by atoms with Crippen LogP contribution in [0.15, 0.2) is 18.2 Å². The normalized spacial score (nSPS) is 10.7. The van der Waals surface area contributed by atoms with E-state index in [1.165, 1.54) is 7.05 Å². The first-order valence-electron chi connectivity index (χ1n) is 6.23. The average molecular weight is 298 g/mol. The van der Waals surface area contributed by atoms with Crippen LogP contribution in [-0.2, 0) is 9.59 Å². The van der Waals surface area contributed by atoms with E-state index >= 15 is 0 Å². The number of aliphatic carboxylic acids is 1. The van der Waals surface area contributed by atoms with E-state index in [0.29, 0.717) is 6.54 Å². The predicted octanol–water partition coefficient (Wildman–Crippen LogP) is 1.63. The lowest BCUT2D eigenvalue weighted by Crippen LogP contribution is -2.35. The van der Waals surface area contributed by atoms with Gasteiger partial charge in [-0.2, -0.15) is 0 Å². The highest BCUT2D eigenvalue weighted by atomic mass is 19.1. The third-order valence-corrected chi connectivity index (χ3v) is 2.59. The molecule has 1 aromatic rings. The molecule has 114 valence electrons. The number of carbonyl (C=O) groups excluding carboxylic acids is 1. The molecule has 0 fully saturated rings. The number of rotatable bonds is 6. The standard InChI is InChI=1S/C14H16F2N2O3/c1-3-17-12(19)8-18(2)14-10(15)6-9(7-11(14)16)4-5-13(20)21/h4-7H,3,8H2,1-2H3,(H,17,19)(H,20,21). The summed E-state index contributed by atoms with van der Waals surface area (Å²) in [4.78, 5) is 22.9. The van der Waals surface area contributed by atoms with Crippen molar-refractivity contribution in [1.82, 2.24) is 5.32 Å². The van der Waals surface area contributed by atoms with Crippen molar-refractivity contribution in [1.29, 1.82) is 0 Å². The van der Waals surface area contributed by atoms with Crippen molar-refractivity contribution in [3.8, 4) is 0 Å². The minimum Gasteiger partial charge on any atom is -0.478 e.